The number of aryl methyl sites for hydroxylation is 1. The first-order valence-electron chi connectivity index (χ1n) is 5.44. The molecule has 18 heavy (non-hydrogen) atoms. The van der Waals surface area contributed by atoms with Crippen molar-refractivity contribution in [3.05, 3.63) is 6.33 Å². The second-order valence-electron chi connectivity index (χ2n) is 3.86. The van der Waals surface area contributed by atoms with Crippen molar-refractivity contribution in [2.24, 2.45) is 0 Å². The number of carbonyl (C=O) groups is 1. The molecule has 0 radical (unpaired) electrons. The van der Waals surface area contributed by atoms with Gasteiger partial charge in [0.05, 0.1) is 6.33 Å². The molecule has 2 rings (SSSR count). The molecule has 2 aromatic rings. The van der Waals surface area contributed by atoms with Crippen LogP contribution in [-0.2, 0) is 11.3 Å². The third-order valence-electron chi connectivity index (χ3n) is 2.54. The predicted octanol–water partition coefficient (Wildman–Crippen LogP) is -0.0508. The minimum Gasteiger partial charge on any atom is -0.480 e. The number of nitrogens with zero attached hydrogens (tertiary/aromatic N) is 5. The van der Waals surface area contributed by atoms with E-state index in [2.05, 4.69) is 15.0 Å². The van der Waals surface area contributed by atoms with E-state index in [4.69, 9.17) is 10.8 Å². The Balaban J connectivity index is 2.56. The van der Waals surface area contributed by atoms with Gasteiger partial charge in [0, 0.05) is 13.6 Å². The van der Waals surface area contributed by atoms with Gasteiger partial charge in [-0.05, 0) is 6.92 Å². The number of rotatable bonds is 4. The fourth-order valence-corrected chi connectivity index (χ4v) is 1.72. The van der Waals surface area contributed by atoms with Gasteiger partial charge in [0.2, 0.25) is 5.95 Å². The van der Waals surface area contributed by atoms with Crippen molar-refractivity contribution in [3.8, 4) is 0 Å². The fourth-order valence-electron chi connectivity index (χ4n) is 1.72. The van der Waals surface area contributed by atoms with Crippen molar-refractivity contribution < 1.29 is 9.90 Å². The molecule has 0 aliphatic carbocycles. The van der Waals surface area contributed by atoms with Crippen molar-refractivity contribution in [1.82, 2.24) is 19.5 Å². The summed E-state index contributed by atoms with van der Waals surface area (Å²) in [5, 5.41) is 8.80. The molecule has 3 N–H and O–H groups in total. The van der Waals surface area contributed by atoms with Gasteiger partial charge in [0.15, 0.2) is 17.0 Å². The summed E-state index contributed by atoms with van der Waals surface area (Å²) in [4.78, 5) is 24.6. The molecule has 2 aromatic heterocycles. The number of hydrogen-bond acceptors (Lipinski definition) is 6. The van der Waals surface area contributed by atoms with E-state index in [1.807, 2.05) is 11.5 Å². The first kappa shape index (κ1) is 12.1. The lowest BCUT2D eigenvalue weighted by Crippen LogP contribution is -2.26. The van der Waals surface area contributed by atoms with E-state index in [9.17, 15) is 4.79 Å². The molecule has 0 saturated carbocycles. The van der Waals surface area contributed by atoms with Crippen LogP contribution >= 0.6 is 0 Å². The lowest BCUT2D eigenvalue weighted by atomic mass is 10.4. The van der Waals surface area contributed by atoms with Gasteiger partial charge in [0.25, 0.3) is 0 Å². The minimum absolute atomic E-state index is 0.102. The van der Waals surface area contributed by atoms with Crippen molar-refractivity contribution in [2.45, 2.75) is 13.5 Å². The smallest absolute Gasteiger partial charge is 0.323 e. The van der Waals surface area contributed by atoms with E-state index in [0.717, 1.165) is 0 Å². The molecule has 0 fully saturated rings. The number of nitrogen functional groups attached to an aromatic ring is 1. The van der Waals surface area contributed by atoms with E-state index in [1.54, 1.807) is 13.4 Å². The number of anilines is 2. The number of imidazole rings is 1. The quantitative estimate of drug-likeness (QED) is 0.782. The normalized spacial score (nSPS) is 10.8. The number of aliphatic carboxylic acids is 1. The van der Waals surface area contributed by atoms with Crippen LogP contribution in [0.1, 0.15) is 6.92 Å². The Kier molecular flexibility index (Phi) is 3.00. The second kappa shape index (κ2) is 4.47. The molecule has 0 saturated heterocycles. The average molecular weight is 250 g/mol. The largest absolute Gasteiger partial charge is 0.480 e. The molecular weight excluding hydrogens is 236 g/mol. The molecule has 0 bridgehead atoms. The molecule has 0 aromatic carbocycles. The SMILES string of the molecule is CCn1cnc2c(N(C)CC(=O)O)nc(N)nc21. The summed E-state index contributed by atoms with van der Waals surface area (Å²) in [6.45, 7) is 2.49. The molecule has 0 unspecified atom stereocenters. The van der Waals surface area contributed by atoms with E-state index < -0.39 is 5.97 Å². The maximum absolute atomic E-state index is 10.7. The van der Waals surface area contributed by atoms with Gasteiger partial charge in [0.1, 0.15) is 6.54 Å². The van der Waals surface area contributed by atoms with Crippen LogP contribution in [0.25, 0.3) is 11.2 Å². The number of aromatic nitrogens is 4. The molecule has 0 aliphatic heterocycles. The van der Waals surface area contributed by atoms with Crippen molar-refractivity contribution in [3.63, 3.8) is 0 Å². The summed E-state index contributed by atoms with van der Waals surface area (Å²) in [5.41, 5.74) is 6.80. The van der Waals surface area contributed by atoms with E-state index in [1.165, 1.54) is 4.90 Å². The number of carboxylic acids is 1. The maximum Gasteiger partial charge on any atom is 0.323 e. The summed E-state index contributed by atoms with van der Waals surface area (Å²) in [7, 11) is 1.63. The number of nitrogens with two attached hydrogens (primary N) is 1. The van der Waals surface area contributed by atoms with Crippen molar-refractivity contribution in [2.75, 3.05) is 24.2 Å². The van der Waals surface area contributed by atoms with Crippen LogP contribution < -0.4 is 10.6 Å². The molecule has 2 heterocycles. The zero-order valence-corrected chi connectivity index (χ0v) is 10.2. The highest BCUT2D eigenvalue weighted by molar-refractivity contribution is 5.86. The Morgan fingerprint density at radius 3 is 2.89 bits per heavy atom. The van der Waals surface area contributed by atoms with Crippen LogP contribution in [0.15, 0.2) is 6.33 Å². The van der Waals surface area contributed by atoms with Crippen LogP contribution in [0.3, 0.4) is 0 Å². The summed E-state index contributed by atoms with van der Waals surface area (Å²) >= 11 is 0. The average Bonchev–Trinajstić information content (AvgIpc) is 2.69. The molecule has 0 amide bonds. The third kappa shape index (κ3) is 2.04. The van der Waals surface area contributed by atoms with Gasteiger partial charge in [-0.1, -0.05) is 0 Å². The molecule has 0 aliphatic rings. The highest BCUT2D eigenvalue weighted by atomic mass is 16.4. The number of fused-ring (bicyclic) bond motifs is 1. The van der Waals surface area contributed by atoms with Crippen LogP contribution in [0.5, 0.6) is 0 Å². The maximum atomic E-state index is 10.7. The molecule has 0 atom stereocenters. The van der Waals surface area contributed by atoms with Gasteiger partial charge in [-0.25, -0.2) is 4.98 Å². The monoisotopic (exact) mass is 250 g/mol. The highest BCUT2D eigenvalue weighted by Crippen LogP contribution is 2.22. The third-order valence-corrected chi connectivity index (χ3v) is 2.54. The van der Waals surface area contributed by atoms with E-state index in [-0.39, 0.29) is 12.5 Å². The van der Waals surface area contributed by atoms with Crippen LogP contribution in [-0.4, -0.2) is 44.2 Å². The predicted molar refractivity (Wildman–Crippen MR) is 66.3 cm³/mol. The topological polar surface area (TPSA) is 110 Å². The molecule has 8 nitrogen and oxygen atoms in total. The van der Waals surface area contributed by atoms with E-state index in [0.29, 0.717) is 23.5 Å². The lowest BCUT2D eigenvalue weighted by Gasteiger charge is -2.15. The van der Waals surface area contributed by atoms with Crippen molar-refractivity contribution >= 4 is 28.9 Å². The zero-order chi connectivity index (χ0) is 13.3. The number of likely N-dealkylation sites (N-methyl/N-ethyl adjacent to an activating group) is 1. The van der Waals surface area contributed by atoms with Gasteiger partial charge < -0.3 is 20.3 Å². The Labute approximate surface area is 103 Å². The fraction of sp³-hybridized carbons (Fsp3) is 0.400. The first-order valence-corrected chi connectivity index (χ1v) is 5.44. The van der Waals surface area contributed by atoms with Gasteiger partial charge >= 0.3 is 5.97 Å². The van der Waals surface area contributed by atoms with Gasteiger partial charge in [-0.2, -0.15) is 9.97 Å². The number of carboxylic acid groups (broad SMARTS) is 1. The Hall–Kier alpha value is -2.38. The summed E-state index contributed by atoms with van der Waals surface area (Å²) < 4.78 is 1.82. The molecule has 0 spiro atoms. The van der Waals surface area contributed by atoms with E-state index >= 15 is 0 Å². The molecular formula is C10H14N6O2. The van der Waals surface area contributed by atoms with Crippen LogP contribution in [0.2, 0.25) is 0 Å². The number of hydrogen-bond donors (Lipinski definition) is 2. The summed E-state index contributed by atoms with van der Waals surface area (Å²) in [5.74, 6) is -0.421. The Bertz CT molecular complexity index is 593. The lowest BCUT2D eigenvalue weighted by molar-refractivity contribution is -0.135. The highest BCUT2D eigenvalue weighted by Gasteiger charge is 2.16. The van der Waals surface area contributed by atoms with Crippen molar-refractivity contribution in [1.29, 1.82) is 0 Å². The second-order valence-corrected chi connectivity index (χ2v) is 3.86. The van der Waals surface area contributed by atoms with Crippen LogP contribution in [0, 0.1) is 0 Å². The van der Waals surface area contributed by atoms with Gasteiger partial charge in [-0.15, -0.1) is 0 Å². The first-order chi connectivity index (χ1) is 8.52. The van der Waals surface area contributed by atoms with Crippen LogP contribution in [0.4, 0.5) is 11.8 Å². The minimum atomic E-state index is -0.947. The molecule has 96 valence electrons. The summed E-state index contributed by atoms with van der Waals surface area (Å²) in [6, 6.07) is 0. The molecule has 8 heteroatoms. The Morgan fingerprint density at radius 1 is 1.56 bits per heavy atom. The summed E-state index contributed by atoms with van der Waals surface area (Å²) in [6.07, 6.45) is 1.64. The zero-order valence-electron chi connectivity index (χ0n) is 10.2. The van der Waals surface area contributed by atoms with Gasteiger partial charge in [-0.3, -0.25) is 4.79 Å². The standard InChI is InChI=1S/C10H14N6O2/c1-3-16-5-12-7-8(15(2)4-6(17)18)13-10(11)14-9(7)16/h5H,3-4H2,1-2H3,(H,17,18)(H2,11,13,14). The Morgan fingerprint density at radius 2 is 2.28 bits per heavy atom.